The van der Waals surface area contributed by atoms with Gasteiger partial charge in [-0.3, -0.25) is 0 Å². The van der Waals surface area contributed by atoms with Crippen LogP contribution < -0.4 is 30.9 Å². The highest BCUT2D eigenvalue weighted by Crippen LogP contribution is 2.53. The van der Waals surface area contributed by atoms with Crippen LogP contribution in [0.1, 0.15) is 25.0 Å². The lowest BCUT2D eigenvalue weighted by Gasteiger charge is -2.42. The molecular formula is C55H39BN2O. The lowest BCUT2D eigenvalue weighted by atomic mass is 9.34. The van der Waals surface area contributed by atoms with E-state index in [4.69, 9.17) is 4.74 Å². The van der Waals surface area contributed by atoms with Crippen molar-refractivity contribution in [3.63, 3.8) is 0 Å². The van der Waals surface area contributed by atoms with Crippen molar-refractivity contribution in [1.82, 2.24) is 0 Å². The Morgan fingerprint density at radius 1 is 0.475 bits per heavy atom. The van der Waals surface area contributed by atoms with Crippen molar-refractivity contribution in [3.8, 4) is 33.8 Å². The van der Waals surface area contributed by atoms with Gasteiger partial charge in [-0.1, -0.05) is 153 Å². The fourth-order valence-corrected chi connectivity index (χ4v) is 10.3. The number of rotatable bonds is 5. The molecule has 0 N–H and O–H groups in total. The second-order valence-electron chi connectivity index (χ2n) is 16.4. The van der Waals surface area contributed by atoms with Crippen LogP contribution in [0.3, 0.4) is 0 Å². The summed E-state index contributed by atoms with van der Waals surface area (Å²) in [5.41, 5.74) is 17.9. The van der Waals surface area contributed by atoms with Gasteiger partial charge < -0.3 is 14.5 Å². The number of benzene rings is 9. The summed E-state index contributed by atoms with van der Waals surface area (Å²) in [4.78, 5) is 4.84. The van der Waals surface area contributed by atoms with E-state index in [1.54, 1.807) is 0 Å². The smallest absolute Gasteiger partial charge is 0.256 e. The van der Waals surface area contributed by atoms with Crippen LogP contribution in [0, 0.1) is 0 Å². The third-order valence-electron chi connectivity index (χ3n) is 12.9. The lowest BCUT2D eigenvalue weighted by Crippen LogP contribution is -2.59. The van der Waals surface area contributed by atoms with Crippen LogP contribution in [-0.4, -0.2) is 6.71 Å². The van der Waals surface area contributed by atoms with E-state index in [-0.39, 0.29) is 12.1 Å². The monoisotopic (exact) mass is 754 g/mol. The van der Waals surface area contributed by atoms with Crippen LogP contribution in [0.15, 0.2) is 200 Å². The fourth-order valence-electron chi connectivity index (χ4n) is 10.3. The Labute approximate surface area is 345 Å². The van der Waals surface area contributed by atoms with Gasteiger partial charge in [-0.25, -0.2) is 0 Å². The number of hydrogen-bond acceptors (Lipinski definition) is 3. The van der Waals surface area contributed by atoms with E-state index in [0.717, 1.165) is 39.9 Å². The molecule has 1 aliphatic carbocycles. The van der Waals surface area contributed by atoms with Crippen molar-refractivity contribution in [2.45, 2.75) is 19.3 Å². The number of ether oxygens (including phenoxy) is 1. The molecule has 0 saturated heterocycles. The quantitative estimate of drug-likeness (QED) is 0.163. The van der Waals surface area contributed by atoms with E-state index in [2.05, 4.69) is 224 Å². The molecule has 2 aliphatic heterocycles. The van der Waals surface area contributed by atoms with E-state index in [9.17, 15) is 0 Å². The Bertz CT molecular complexity index is 3080. The summed E-state index contributed by atoms with van der Waals surface area (Å²) in [5.74, 6) is 1.84. The van der Waals surface area contributed by atoms with Crippen molar-refractivity contribution in [2.75, 3.05) is 9.80 Å². The van der Waals surface area contributed by atoms with Gasteiger partial charge >= 0.3 is 0 Å². The number of hydrogen-bond donors (Lipinski definition) is 0. The molecule has 0 bridgehead atoms. The first kappa shape index (κ1) is 33.8. The van der Waals surface area contributed by atoms with Crippen molar-refractivity contribution < 1.29 is 4.74 Å². The molecule has 12 rings (SSSR count). The Morgan fingerprint density at radius 2 is 1.12 bits per heavy atom. The van der Waals surface area contributed by atoms with E-state index in [1.165, 1.54) is 66.2 Å². The van der Waals surface area contributed by atoms with Gasteiger partial charge in [0, 0.05) is 39.1 Å². The summed E-state index contributed by atoms with van der Waals surface area (Å²) < 4.78 is 7.10. The highest BCUT2D eigenvalue weighted by atomic mass is 16.5. The van der Waals surface area contributed by atoms with Gasteiger partial charge in [0.15, 0.2) is 0 Å². The number of fused-ring (bicyclic) bond motifs is 6. The Balaban J connectivity index is 1.05. The van der Waals surface area contributed by atoms with Crippen molar-refractivity contribution in [1.29, 1.82) is 0 Å². The van der Waals surface area contributed by atoms with Gasteiger partial charge in [0.1, 0.15) is 11.5 Å². The summed E-state index contributed by atoms with van der Waals surface area (Å²) in [6.45, 7) is 4.80. The first-order valence-corrected chi connectivity index (χ1v) is 20.6. The molecule has 0 fully saturated rings. The second-order valence-corrected chi connectivity index (χ2v) is 16.4. The topological polar surface area (TPSA) is 15.7 Å². The third kappa shape index (κ3) is 4.96. The molecule has 278 valence electrons. The molecule has 9 aromatic rings. The third-order valence-corrected chi connectivity index (χ3v) is 12.9. The van der Waals surface area contributed by atoms with Gasteiger partial charge in [0.05, 0.1) is 11.4 Å². The predicted octanol–water partition coefficient (Wildman–Crippen LogP) is 12.7. The maximum atomic E-state index is 7.10. The van der Waals surface area contributed by atoms with Crippen molar-refractivity contribution in [2.24, 2.45) is 0 Å². The van der Waals surface area contributed by atoms with Crippen molar-refractivity contribution >= 4 is 68.0 Å². The first-order valence-electron chi connectivity index (χ1n) is 20.6. The van der Waals surface area contributed by atoms with E-state index in [0.29, 0.717) is 0 Å². The van der Waals surface area contributed by atoms with Crippen LogP contribution in [0.25, 0.3) is 33.0 Å². The van der Waals surface area contributed by atoms with Crippen LogP contribution >= 0.6 is 0 Å². The highest BCUT2D eigenvalue weighted by molar-refractivity contribution is 6.99. The van der Waals surface area contributed by atoms with E-state index in [1.807, 2.05) is 0 Å². The van der Waals surface area contributed by atoms with E-state index < -0.39 is 0 Å². The number of para-hydroxylation sites is 4. The van der Waals surface area contributed by atoms with E-state index >= 15 is 0 Å². The number of nitrogens with zero attached hydrogens (tertiary/aromatic N) is 2. The average Bonchev–Trinajstić information content (AvgIpc) is 3.29. The molecule has 9 aromatic carbocycles. The van der Waals surface area contributed by atoms with Crippen LogP contribution in [0.2, 0.25) is 0 Å². The fraction of sp³-hybridized carbons (Fsp3) is 0.0545. The molecule has 0 unspecified atom stereocenters. The van der Waals surface area contributed by atoms with Gasteiger partial charge in [-0.15, -0.1) is 0 Å². The summed E-state index contributed by atoms with van der Waals surface area (Å²) in [6, 6.07) is 72.8. The average molecular weight is 755 g/mol. The minimum atomic E-state index is -0.283. The molecule has 0 aromatic heterocycles. The molecule has 59 heavy (non-hydrogen) atoms. The second kappa shape index (κ2) is 12.9. The minimum Gasteiger partial charge on any atom is -0.458 e. The van der Waals surface area contributed by atoms with Crippen molar-refractivity contribution in [3.05, 3.63) is 211 Å². The Kier molecular flexibility index (Phi) is 7.37. The summed E-state index contributed by atoms with van der Waals surface area (Å²) in [6.07, 6.45) is 0. The molecule has 0 saturated carbocycles. The molecule has 0 atom stereocenters. The molecule has 3 aliphatic rings. The maximum absolute atomic E-state index is 7.10. The lowest BCUT2D eigenvalue weighted by molar-refractivity contribution is 0.487. The molecule has 0 spiro atoms. The summed E-state index contributed by atoms with van der Waals surface area (Å²) in [7, 11) is 0. The molecule has 0 radical (unpaired) electrons. The zero-order valence-corrected chi connectivity index (χ0v) is 32.9. The van der Waals surface area contributed by atoms with Gasteiger partial charge in [-0.2, -0.15) is 0 Å². The normalized spacial score (nSPS) is 13.8. The first-order chi connectivity index (χ1) is 29.1. The van der Waals surface area contributed by atoms with Gasteiger partial charge in [0.2, 0.25) is 0 Å². The molecule has 0 amide bonds. The molecule has 3 nitrogen and oxygen atoms in total. The largest absolute Gasteiger partial charge is 0.458 e. The number of anilines is 6. The van der Waals surface area contributed by atoms with Crippen LogP contribution in [-0.2, 0) is 5.41 Å². The Morgan fingerprint density at radius 3 is 1.88 bits per heavy atom. The molecule has 4 heteroatoms. The molecular weight excluding hydrogens is 715 g/mol. The maximum Gasteiger partial charge on any atom is 0.256 e. The summed E-state index contributed by atoms with van der Waals surface area (Å²) >= 11 is 0. The Hall–Kier alpha value is -7.30. The predicted molar refractivity (Wildman–Crippen MR) is 247 cm³/mol. The molecule has 2 heterocycles. The van der Waals surface area contributed by atoms with Crippen LogP contribution in [0.5, 0.6) is 11.5 Å². The summed E-state index contributed by atoms with van der Waals surface area (Å²) in [5, 5.41) is 2.53. The SMILES string of the molecule is CC1(C)c2cc3c(cc2-c2ccc(N(c4ccccc4)c4ccccc4)c4cccc1c24)Oc1cccc2c1B3c1ccccc1N2c1ccccc1-c1ccccc1. The minimum absolute atomic E-state index is 0.00672. The highest BCUT2D eigenvalue weighted by Gasteiger charge is 2.44. The van der Waals surface area contributed by atoms with Crippen LogP contribution in [0.4, 0.5) is 34.1 Å². The van der Waals surface area contributed by atoms with Gasteiger partial charge in [-0.05, 0) is 110 Å². The van der Waals surface area contributed by atoms with Gasteiger partial charge in [0.25, 0.3) is 6.71 Å². The standard InChI is InChI=1S/C55H39BN2O/c1-55(2)43-26-16-25-41-48(57(37-20-8-4-9-21-37)38-22-10-5-11-23-38)33-32-40(53(41)43)42-34-52-46(35-44(42)55)56-45-27-13-15-29-49(45)58(50-30-17-31-51(59-52)54(50)56)47-28-14-12-24-39(47)36-18-6-3-7-19-36/h3-35H,1-2H3. The zero-order chi connectivity index (χ0) is 39.2. The zero-order valence-electron chi connectivity index (χ0n) is 32.9.